The molecule has 1 aromatic heterocycles. The lowest BCUT2D eigenvalue weighted by atomic mass is 9.48. The molecule has 98 heavy (non-hydrogen) atoms. The molecule has 4 aliphatic carbocycles. The Morgan fingerprint density at radius 2 is 1.15 bits per heavy atom. The fourth-order valence-corrected chi connectivity index (χ4v) is 13.7. The summed E-state index contributed by atoms with van der Waals surface area (Å²) in [7, 11) is 8.61. The second-order valence-corrected chi connectivity index (χ2v) is 26.1. The normalized spacial score (nSPS) is 18.0. The monoisotopic (exact) mass is 1380 g/mol. The van der Waals surface area contributed by atoms with Gasteiger partial charge in [0.1, 0.15) is 23.1 Å². The van der Waals surface area contributed by atoms with Crippen molar-refractivity contribution in [3.63, 3.8) is 0 Å². The van der Waals surface area contributed by atoms with Gasteiger partial charge in [0, 0.05) is 104 Å². The Kier molecular flexibility index (Phi) is 32.6. The zero-order valence-corrected chi connectivity index (χ0v) is 58.1. The van der Waals surface area contributed by atoms with E-state index in [2.05, 4.69) is 31.5 Å². The van der Waals surface area contributed by atoms with Gasteiger partial charge in [-0.25, -0.2) is 9.48 Å². The molecule has 4 fully saturated rings. The number of carboxylic acids is 4. The van der Waals surface area contributed by atoms with E-state index in [1.165, 1.54) is 0 Å². The first kappa shape index (κ1) is 79.2. The summed E-state index contributed by atoms with van der Waals surface area (Å²) in [4.78, 5) is 121. The number of aliphatic carboxylic acids is 4. The molecule has 9 N–H and O–H groups in total. The van der Waals surface area contributed by atoms with E-state index >= 15 is 0 Å². The highest BCUT2D eigenvalue weighted by Crippen LogP contribution is 2.58. The predicted octanol–water partition coefficient (Wildman–Crippen LogP) is 3.66. The summed E-state index contributed by atoms with van der Waals surface area (Å²) in [5.41, 5.74) is 1.63. The number of carboxylic acid groups (broad SMARTS) is 4. The van der Waals surface area contributed by atoms with E-state index in [0.29, 0.717) is 137 Å². The van der Waals surface area contributed by atoms with Crippen LogP contribution < -0.4 is 36.1 Å². The van der Waals surface area contributed by atoms with Crippen LogP contribution in [0.5, 0.6) is 11.5 Å². The third-order valence-electron chi connectivity index (χ3n) is 18.6. The number of nitrogens with zero attached hydrogens (tertiary/aromatic N) is 6. The Morgan fingerprint density at radius 1 is 0.622 bits per heavy atom. The molecular weight excluding hydrogens is 1270 g/mol. The van der Waals surface area contributed by atoms with Crippen molar-refractivity contribution in [1.82, 2.24) is 56.0 Å². The first-order valence-corrected chi connectivity index (χ1v) is 34.3. The van der Waals surface area contributed by atoms with Crippen LogP contribution in [0.4, 0.5) is 0 Å². The fourth-order valence-electron chi connectivity index (χ4n) is 13.7. The second kappa shape index (κ2) is 40.3. The van der Waals surface area contributed by atoms with E-state index in [4.69, 9.17) is 39.0 Å². The number of hydrogen-bond donors (Lipinski definition) is 9. The minimum atomic E-state index is -1.38. The van der Waals surface area contributed by atoms with E-state index in [-0.39, 0.29) is 112 Å². The van der Waals surface area contributed by atoms with E-state index in [1.807, 2.05) is 33.0 Å². The van der Waals surface area contributed by atoms with Crippen LogP contribution in [0.2, 0.25) is 0 Å². The molecule has 29 heteroatoms. The predicted molar refractivity (Wildman–Crippen MR) is 363 cm³/mol. The molecule has 0 spiro atoms. The second-order valence-electron chi connectivity index (χ2n) is 26.1. The largest absolute Gasteiger partial charge is 0.496 e. The van der Waals surface area contributed by atoms with Gasteiger partial charge in [0.05, 0.1) is 70.7 Å². The molecule has 4 aliphatic rings. The van der Waals surface area contributed by atoms with Crippen LogP contribution in [-0.2, 0) is 47.8 Å². The van der Waals surface area contributed by atoms with E-state index in [0.717, 1.165) is 50.6 Å². The molecule has 0 radical (unpaired) electrons. The number of rotatable bonds is 49. The molecular formula is C69H105N11O18. The van der Waals surface area contributed by atoms with Gasteiger partial charge in [0.2, 0.25) is 17.7 Å². The van der Waals surface area contributed by atoms with Gasteiger partial charge in [0.25, 0.3) is 11.8 Å². The van der Waals surface area contributed by atoms with Crippen molar-refractivity contribution in [3.8, 4) is 28.4 Å². The third-order valence-corrected chi connectivity index (χ3v) is 18.6. The lowest BCUT2D eigenvalue weighted by molar-refractivity contribution is -0.163. The zero-order chi connectivity index (χ0) is 71.3. The lowest BCUT2D eigenvalue weighted by Crippen LogP contribution is -2.70. The third kappa shape index (κ3) is 23.7. The zero-order valence-electron chi connectivity index (χ0n) is 58.1. The number of methoxy groups -OCH3 is 2. The van der Waals surface area contributed by atoms with Gasteiger partial charge in [-0.2, -0.15) is 5.10 Å². The molecule has 4 bridgehead atoms. The molecule has 5 amide bonds. The number of nitrogens with one attached hydrogen (secondary N) is 5. The van der Waals surface area contributed by atoms with E-state index in [1.54, 1.807) is 78.0 Å². The van der Waals surface area contributed by atoms with Crippen molar-refractivity contribution in [1.29, 1.82) is 0 Å². The van der Waals surface area contributed by atoms with Gasteiger partial charge in [0.15, 0.2) is 5.69 Å². The highest BCUT2D eigenvalue weighted by atomic mass is 16.5. The van der Waals surface area contributed by atoms with Crippen molar-refractivity contribution < 1.29 is 87.3 Å². The number of amides is 5. The molecule has 1 heterocycles. The summed E-state index contributed by atoms with van der Waals surface area (Å²) < 4.78 is 30.1. The average Bonchev–Trinajstić information content (AvgIpc) is 0.887. The Labute approximate surface area is 574 Å². The number of ether oxygens (including phenoxy) is 5. The summed E-state index contributed by atoms with van der Waals surface area (Å²) in [5, 5.41) is 57.5. The Morgan fingerprint density at radius 3 is 1.66 bits per heavy atom. The van der Waals surface area contributed by atoms with Crippen molar-refractivity contribution in [2.75, 3.05) is 154 Å². The molecule has 0 aliphatic heterocycles. The fraction of sp³-hybridized carbons (Fsp3) is 0.652. The van der Waals surface area contributed by atoms with Crippen LogP contribution in [-0.4, -0.2) is 268 Å². The van der Waals surface area contributed by atoms with Crippen molar-refractivity contribution in [2.24, 2.45) is 23.7 Å². The number of benzene rings is 2. The van der Waals surface area contributed by atoms with Gasteiger partial charge >= 0.3 is 23.9 Å². The molecule has 2 aromatic carbocycles. The van der Waals surface area contributed by atoms with Crippen LogP contribution in [0.1, 0.15) is 130 Å². The summed E-state index contributed by atoms with van der Waals surface area (Å²) in [6, 6.07) is 11.5. The average molecular weight is 1380 g/mol. The number of carbonyl (C=O) groups is 9. The number of hydrogen-bond acceptors (Lipinski definition) is 19. The Hall–Kier alpha value is -7.80. The maximum absolute atomic E-state index is 14.5. The standard InChI is InChI=1S/C69H105N11O18/c1-46(2)52-42-49(15-16-54(52)80-56(64-57(94-6)13-8-14-58(64)95-7)43-53(75-80)65(88)74-69(68(92)93)50-38-47-37-48(40-50)41-51(69)39-47)66(89)78(5)28-12-26-76(3)25-11-27-77(4)61(83)20-19-60(82)73-22-10-32-97-34-36-98-35-33-96-31-9-21-72-59(81)18-17-55(67(90)91)79(29-23-70-44-62(84)85)30-24-71-45-63(86)87/h8,13-16,42-43,46-48,50-51,55,70-71H,9-12,17-41,44-45H2,1-7H3,(H,72,81)(H,73,82)(H,74,88)(H,84,85)(H,86,87)(H,90,91)(H,92,93). The topological polar surface area (TPSA) is 372 Å². The van der Waals surface area contributed by atoms with E-state index < -0.39 is 41.4 Å². The molecule has 29 nitrogen and oxygen atoms in total. The molecule has 7 rings (SSSR count). The molecule has 544 valence electrons. The minimum absolute atomic E-state index is 0.00237. The van der Waals surface area contributed by atoms with Crippen LogP contribution in [0, 0.1) is 23.7 Å². The first-order chi connectivity index (χ1) is 47.0. The Balaban J connectivity index is 0.818. The highest BCUT2D eigenvalue weighted by Gasteiger charge is 2.62. The van der Waals surface area contributed by atoms with Crippen LogP contribution in [0.3, 0.4) is 0 Å². The Bertz CT molecular complexity index is 3050. The van der Waals surface area contributed by atoms with Gasteiger partial charge in [-0.15, -0.1) is 0 Å². The summed E-state index contributed by atoms with van der Waals surface area (Å²) in [5.74, 6) is -4.13. The van der Waals surface area contributed by atoms with Crippen LogP contribution >= 0.6 is 0 Å². The number of carbonyl (C=O) groups excluding carboxylic acids is 5. The maximum Gasteiger partial charge on any atom is 0.330 e. The molecule has 1 atom stereocenters. The van der Waals surface area contributed by atoms with Crippen molar-refractivity contribution in [3.05, 3.63) is 59.3 Å². The van der Waals surface area contributed by atoms with Crippen molar-refractivity contribution in [2.45, 2.75) is 115 Å². The summed E-state index contributed by atoms with van der Waals surface area (Å²) in [6.45, 7) is 9.44. The smallest absolute Gasteiger partial charge is 0.330 e. The molecule has 0 saturated heterocycles. The van der Waals surface area contributed by atoms with E-state index in [9.17, 15) is 53.4 Å². The van der Waals surface area contributed by atoms with Gasteiger partial charge in [-0.3, -0.25) is 43.3 Å². The summed E-state index contributed by atoms with van der Waals surface area (Å²) in [6.07, 6.45) is 6.88. The summed E-state index contributed by atoms with van der Waals surface area (Å²) >= 11 is 0. The van der Waals surface area contributed by atoms with Crippen LogP contribution in [0.15, 0.2) is 42.5 Å². The van der Waals surface area contributed by atoms with Gasteiger partial charge in [-0.05, 0) is 156 Å². The van der Waals surface area contributed by atoms with Crippen molar-refractivity contribution >= 4 is 53.4 Å². The highest BCUT2D eigenvalue weighted by molar-refractivity contribution is 5.99. The van der Waals surface area contributed by atoms with Crippen LogP contribution in [0.25, 0.3) is 16.9 Å². The van der Waals surface area contributed by atoms with Gasteiger partial charge in [-0.1, -0.05) is 19.9 Å². The number of aromatic nitrogens is 2. The van der Waals surface area contributed by atoms with Gasteiger partial charge < -0.3 is 85.4 Å². The SMILES string of the molecule is COc1cccc(OC)c1-c1cc(C(=O)NC2(C(=O)O)C3CC4CC(C3)CC2C4)nn1-c1ccc(C(=O)N(C)CCCN(C)CCCN(C)C(=O)CCC(=O)NCCCOCCOCCOCCCNC(=O)CCC(C(=O)O)N(CCNCC(=O)O)CCNCC(=O)O)cc1C(C)C. The lowest BCUT2D eigenvalue weighted by Gasteiger charge is -2.59. The molecule has 4 saturated carbocycles. The first-order valence-electron chi connectivity index (χ1n) is 34.3. The molecule has 1 unspecified atom stereocenters. The minimum Gasteiger partial charge on any atom is -0.496 e. The quantitative estimate of drug-likeness (QED) is 0.0364. The molecule has 3 aromatic rings. The maximum atomic E-state index is 14.5.